The first kappa shape index (κ1) is 13.6. The van der Waals surface area contributed by atoms with Crippen molar-refractivity contribution in [2.45, 2.75) is 6.92 Å². The Morgan fingerprint density at radius 1 is 1.30 bits per heavy atom. The minimum atomic E-state index is 0.872. The topological polar surface area (TPSA) is 31.4 Å². The Bertz CT molecular complexity index is 569. The third-order valence-electron chi connectivity index (χ3n) is 3.45. The molecule has 1 saturated heterocycles. The smallest absolute Gasteiger partial charge is 0.186 e. The first-order chi connectivity index (χ1) is 9.78. The fraction of sp³-hybridized carbons (Fsp3) is 0.429. The predicted molar refractivity (Wildman–Crippen MR) is 89.7 cm³/mol. The molecule has 6 heteroatoms. The molecule has 0 bridgehead atoms. The van der Waals surface area contributed by atoms with Crippen molar-refractivity contribution in [1.82, 2.24) is 15.2 Å². The second kappa shape index (κ2) is 5.93. The van der Waals surface area contributed by atoms with Crippen molar-refractivity contribution in [1.29, 1.82) is 0 Å². The molecule has 2 heterocycles. The number of fused-ring (bicyclic) bond motifs is 1. The van der Waals surface area contributed by atoms with Crippen LogP contribution in [0.2, 0.25) is 0 Å². The van der Waals surface area contributed by atoms with Crippen LogP contribution in [0.1, 0.15) is 6.92 Å². The summed E-state index contributed by atoms with van der Waals surface area (Å²) in [6.07, 6.45) is 0. The minimum Gasteiger partial charge on any atom is -0.363 e. The Morgan fingerprint density at radius 3 is 2.75 bits per heavy atom. The van der Waals surface area contributed by atoms with Gasteiger partial charge in [0.2, 0.25) is 0 Å². The van der Waals surface area contributed by atoms with Crippen LogP contribution in [-0.2, 0) is 0 Å². The highest BCUT2D eigenvalue weighted by molar-refractivity contribution is 7.80. The van der Waals surface area contributed by atoms with Gasteiger partial charge in [0.15, 0.2) is 10.2 Å². The number of benzene rings is 1. The van der Waals surface area contributed by atoms with E-state index in [4.69, 9.17) is 17.2 Å². The third kappa shape index (κ3) is 2.71. The lowest BCUT2D eigenvalue weighted by molar-refractivity contribution is 0.381. The van der Waals surface area contributed by atoms with Crippen molar-refractivity contribution >= 4 is 44.0 Å². The molecule has 1 aliphatic heterocycles. The first-order valence-corrected chi connectivity index (χ1v) is 8.13. The highest BCUT2D eigenvalue weighted by Crippen LogP contribution is 2.29. The predicted octanol–water partition coefficient (Wildman–Crippen LogP) is 2.31. The average molecular weight is 306 g/mol. The molecule has 1 aromatic heterocycles. The van der Waals surface area contributed by atoms with Crippen LogP contribution in [0, 0.1) is 0 Å². The van der Waals surface area contributed by atoms with Crippen LogP contribution in [-0.4, -0.2) is 47.7 Å². The molecule has 1 N–H and O–H groups in total. The highest BCUT2D eigenvalue weighted by atomic mass is 32.1. The van der Waals surface area contributed by atoms with E-state index in [9.17, 15) is 0 Å². The van der Waals surface area contributed by atoms with Gasteiger partial charge >= 0.3 is 0 Å². The summed E-state index contributed by atoms with van der Waals surface area (Å²) in [6, 6.07) is 8.31. The van der Waals surface area contributed by atoms with Gasteiger partial charge in [0.05, 0.1) is 10.2 Å². The van der Waals surface area contributed by atoms with E-state index in [0.717, 1.165) is 48.5 Å². The Hall–Kier alpha value is -1.40. The van der Waals surface area contributed by atoms with E-state index in [1.807, 2.05) is 6.07 Å². The number of nitrogens with one attached hydrogen (secondary N) is 1. The standard InChI is InChI=1S/C14H18N4S2/c1-2-15-13(19)17-7-9-18(10-8-17)14-16-11-5-3-4-6-12(11)20-14/h3-6H,2,7-10H2,1H3,(H,15,19). The fourth-order valence-electron chi connectivity index (χ4n) is 2.36. The maximum atomic E-state index is 5.36. The summed E-state index contributed by atoms with van der Waals surface area (Å²) in [7, 11) is 0. The molecule has 0 radical (unpaired) electrons. The number of aromatic nitrogens is 1. The number of piperazine rings is 1. The second-order valence-electron chi connectivity index (χ2n) is 4.77. The van der Waals surface area contributed by atoms with E-state index in [-0.39, 0.29) is 0 Å². The SMILES string of the molecule is CCNC(=S)N1CCN(c2nc3ccccc3s2)CC1. The summed E-state index contributed by atoms with van der Waals surface area (Å²) in [5.41, 5.74) is 1.10. The van der Waals surface area contributed by atoms with Crippen LogP contribution in [0.5, 0.6) is 0 Å². The Balaban J connectivity index is 1.67. The summed E-state index contributed by atoms with van der Waals surface area (Å²) in [6.45, 7) is 6.83. The summed E-state index contributed by atoms with van der Waals surface area (Å²) in [5, 5.41) is 5.21. The molecular weight excluding hydrogens is 288 g/mol. The average Bonchev–Trinajstić information content (AvgIpc) is 2.91. The zero-order chi connectivity index (χ0) is 13.9. The molecule has 0 unspecified atom stereocenters. The lowest BCUT2D eigenvalue weighted by atomic mass is 10.3. The van der Waals surface area contributed by atoms with Crippen LogP contribution in [0.25, 0.3) is 10.2 Å². The summed E-state index contributed by atoms with van der Waals surface area (Å²) >= 11 is 7.14. The normalized spacial score (nSPS) is 15.7. The van der Waals surface area contributed by atoms with Gasteiger partial charge in [0.1, 0.15) is 0 Å². The van der Waals surface area contributed by atoms with E-state index in [1.54, 1.807) is 11.3 Å². The number of hydrogen-bond donors (Lipinski definition) is 1. The Morgan fingerprint density at radius 2 is 2.05 bits per heavy atom. The molecule has 0 amide bonds. The van der Waals surface area contributed by atoms with E-state index >= 15 is 0 Å². The lowest BCUT2D eigenvalue weighted by Gasteiger charge is -2.35. The molecule has 0 atom stereocenters. The number of nitrogens with zero attached hydrogens (tertiary/aromatic N) is 3. The van der Waals surface area contributed by atoms with E-state index in [0.29, 0.717) is 0 Å². The number of para-hydroxylation sites is 1. The first-order valence-electron chi connectivity index (χ1n) is 6.91. The number of thiocarbonyl (C=S) groups is 1. The van der Waals surface area contributed by atoms with Crippen molar-refractivity contribution in [2.75, 3.05) is 37.6 Å². The fourth-order valence-corrected chi connectivity index (χ4v) is 3.70. The molecule has 0 spiro atoms. The molecule has 4 nitrogen and oxygen atoms in total. The van der Waals surface area contributed by atoms with Crippen LogP contribution >= 0.6 is 23.6 Å². The molecule has 0 aliphatic carbocycles. The van der Waals surface area contributed by atoms with Crippen LogP contribution in [0.3, 0.4) is 0 Å². The summed E-state index contributed by atoms with van der Waals surface area (Å²) in [4.78, 5) is 9.32. The molecule has 1 aliphatic rings. The molecule has 0 saturated carbocycles. The molecule has 1 fully saturated rings. The summed E-state index contributed by atoms with van der Waals surface area (Å²) in [5.74, 6) is 0. The van der Waals surface area contributed by atoms with Gasteiger partial charge in [-0.1, -0.05) is 23.5 Å². The largest absolute Gasteiger partial charge is 0.363 e. The maximum Gasteiger partial charge on any atom is 0.186 e. The van der Waals surface area contributed by atoms with Gasteiger partial charge in [-0.05, 0) is 31.3 Å². The van der Waals surface area contributed by atoms with Gasteiger partial charge in [-0.2, -0.15) is 0 Å². The monoisotopic (exact) mass is 306 g/mol. The third-order valence-corrected chi connectivity index (χ3v) is 4.95. The molecule has 1 aromatic carbocycles. The minimum absolute atomic E-state index is 0.872. The van der Waals surface area contributed by atoms with Crippen LogP contribution < -0.4 is 10.2 Å². The molecule has 3 rings (SSSR count). The van der Waals surface area contributed by atoms with Gasteiger partial charge in [0.25, 0.3) is 0 Å². The zero-order valence-corrected chi connectivity index (χ0v) is 13.1. The Kier molecular flexibility index (Phi) is 4.03. The van der Waals surface area contributed by atoms with Crippen molar-refractivity contribution in [3.05, 3.63) is 24.3 Å². The number of rotatable bonds is 2. The number of anilines is 1. The van der Waals surface area contributed by atoms with Gasteiger partial charge in [-0.3, -0.25) is 0 Å². The molecule has 106 valence electrons. The summed E-state index contributed by atoms with van der Waals surface area (Å²) < 4.78 is 1.26. The zero-order valence-electron chi connectivity index (χ0n) is 11.5. The van der Waals surface area contributed by atoms with E-state index < -0.39 is 0 Å². The van der Waals surface area contributed by atoms with Crippen molar-refractivity contribution in [3.8, 4) is 0 Å². The highest BCUT2D eigenvalue weighted by Gasteiger charge is 2.20. The maximum absolute atomic E-state index is 5.36. The van der Waals surface area contributed by atoms with Gasteiger partial charge < -0.3 is 15.1 Å². The van der Waals surface area contributed by atoms with E-state index in [2.05, 4.69) is 40.2 Å². The van der Waals surface area contributed by atoms with Gasteiger partial charge in [0, 0.05) is 32.7 Å². The van der Waals surface area contributed by atoms with Crippen LogP contribution in [0.15, 0.2) is 24.3 Å². The quantitative estimate of drug-likeness (QED) is 0.861. The molecular formula is C14H18N4S2. The van der Waals surface area contributed by atoms with E-state index in [1.165, 1.54) is 4.70 Å². The number of hydrogen-bond acceptors (Lipinski definition) is 4. The van der Waals surface area contributed by atoms with Crippen molar-refractivity contribution in [3.63, 3.8) is 0 Å². The van der Waals surface area contributed by atoms with Crippen molar-refractivity contribution in [2.24, 2.45) is 0 Å². The second-order valence-corrected chi connectivity index (χ2v) is 6.17. The Labute approximate surface area is 128 Å². The van der Waals surface area contributed by atoms with Gasteiger partial charge in [-0.15, -0.1) is 0 Å². The van der Waals surface area contributed by atoms with Crippen molar-refractivity contribution < 1.29 is 0 Å². The molecule has 2 aromatic rings. The lowest BCUT2D eigenvalue weighted by Crippen LogP contribution is -2.51. The van der Waals surface area contributed by atoms with Gasteiger partial charge in [-0.25, -0.2) is 4.98 Å². The van der Waals surface area contributed by atoms with Crippen LogP contribution in [0.4, 0.5) is 5.13 Å². The number of thiazole rings is 1. The molecule has 20 heavy (non-hydrogen) atoms.